The number of hydrogen-bond acceptors (Lipinski definition) is 5. The molecule has 8 heteroatoms. The molecular weight excluding hydrogens is 402 g/mol. The smallest absolute Gasteiger partial charge is 0.255 e. The van der Waals surface area contributed by atoms with Crippen LogP contribution >= 0.6 is 0 Å². The molecule has 0 unspecified atom stereocenters. The molecule has 1 aromatic heterocycles. The number of benzene rings is 2. The Morgan fingerprint density at radius 3 is 2.53 bits per heavy atom. The van der Waals surface area contributed by atoms with Gasteiger partial charge >= 0.3 is 0 Å². The van der Waals surface area contributed by atoms with Crippen molar-refractivity contribution in [2.75, 3.05) is 25.5 Å². The van der Waals surface area contributed by atoms with Crippen molar-refractivity contribution in [3.05, 3.63) is 59.8 Å². The number of carbonyl (C=O) groups is 1. The number of carbonyl (C=O) groups excluding carboxylic acids is 1. The number of rotatable bonds is 7. The summed E-state index contributed by atoms with van der Waals surface area (Å²) in [5.74, 6) is 0.214. The first-order valence-electron chi connectivity index (χ1n) is 9.67. The standard InChI is InChI=1S/C22H25N3O4S/c1-5-25(6-2)30(27,28)16-10-9-15(3)18(14-16)22(26)24-19-11-12-20(29-4)21-17(19)8-7-13-23-21/h7-14H,5-6H2,1-4H3,(H,24,26). The van der Waals surface area contributed by atoms with E-state index in [0.29, 0.717) is 41.2 Å². The minimum Gasteiger partial charge on any atom is -0.494 e. The van der Waals surface area contributed by atoms with E-state index in [1.165, 1.54) is 16.4 Å². The van der Waals surface area contributed by atoms with Crippen LogP contribution in [0.4, 0.5) is 5.69 Å². The summed E-state index contributed by atoms with van der Waals surface area (Å²) in [6, 6.07) is 11.7. The number of hydrogen-bond donors (Lipinski definition) is 1. The summed E-state index contributed by atoms with van der Waals surface area (Å²) in [4.78, 5) is 17.5. The molecule has 7 nitrogen and oxygen atoms in total. The van der Waals surface area contributed by atoms with Crippen LogP contribution in [0.5, 0.6) is 5.75 Å². The average Bonchev–Trinajstić information content (AvgIpc) is 2.74. The van der Waals surface area contributed by atoms with Crippen LogP contribution in [0.1, 0.15) is 29.8 Å². The minimum absolute atomic E-state index is 0.100. The third kappa shape index (κ3) is 4.01. The predicted molar refractivity (Wildman–Crippen MR) is 118 cm³/mol. The van der Waals surface area contributed by atoms with E-state index in [2.05, 4.69) is 10.3 Å². The Morgan fingerprint density at radius 1 is 1.13 bits per heavy atom. The Labute approximate surface area is 176 Å². The van der Waals surface area contributed by atoms with Crippen LogP contribution in [0.25, 0.3) is 10.9 Å². The number of nitrogens with zero attached hydrogens (tertiary/aromatic N) is 2. The summed E-state index contributed by atoms with van der Waals surface area (Å²) in [6.45, 7) is 6.06. The van der Waals surface area contributed by atoms with Crippen molar-refractivity contribution < 1.29 is 17.9 Å². The highest BCUT2D eigenvalue weighted by Crippen LogP contribution is 2.30. The Morgan fingerprint density at radius 2 is 1.87 bits per heavy atom. The number of methoxy groups -OCH3 is 1. The molecular formula is C22H25N3O4S. The Bertz CT molecular complexity index is 1190. The van der Waals surface area contributed by atoms with Crippen LogP contribution in [-0.2, 0) is 10.0 Å². The highest BCUT2D eigenvalue weighted by molar-refractivity contribution is 7.89. The largest absolute Gasteiger partial charge is 0.494 e. The van der Waals surface area contributed by atoms with Crippen molar-refractivity contribution in [3.8, 4) is 5.75 Å². The van der Waals surface area contributed by atoms with Crippen molar-refractivity contribution in [3.63, 3.8) is 0 Å². The van der Waals surface area contributed by atoms with Gasteiger partial charge in [-0.05, 0) is 48.9 Å². The number of aromatic nitrogens is 1. The number of nitrogens with one attached hydrogen (secondary N) is 1. The third-order valence-electron chi connectivity index (χ3n) is 5.00. The second kappa shape index (κ2) is 8.81. The number of fused-ring (bicyclic) bond motifs is 1. The number of ether oxygens (including phenoxy) is 1. The van der Waals surface area contributed by atoms with Crippen molar-refractivity contribution in [1.82, 2.24) is 9.29 Å². The monoisotopic (exact) mass is 427 g/mol. The van der Waals surface area contributed by atoms with Crippen LogP contribution in [0.3, 0.4) is 0 Å². The molecule has 158 valence electrons. The summed E-state index contributed by atoms with van der Waals surface area (Å²) >= 11 is 0. The van der Waals surface area contributed by atoms with Crippen LogP contribution in [0, 0.1) is 6.92 Å². The molecule has 1 amide bonds. The Balaban J connectivity index is 2.00. The molecule has 0 aliphatic heterocycles. The van der Waals surface area contributed by atoms with Crippen molar-refractivity contribution in [1.29, 1.82) is 0 Å². The molecule has 0 saturated carbocycles. The van der Waals surface area contributed by atoms with Crippen LogP contribution in [0.15, 0.2) is 53.6 Å². The van der Waals surface area contributed by atoms with Gasteiger partial charge in [-0.3, -0.25) is 9.78 Å². The van der Waals surface area contributed by atoms with Gasteiger partial charge < -0.3 is 10.1 Å². The Kier molecular flexibility index (Phi) is 6.38. The maximum atomic E-state index is 13.0. The molecule has 0 atom stereocenters. The average molecular weight is 428 g/mol. The maximum Gasteiger partial charge on any atom is 0.255 e. The lowest BCUT2D eigenvalue weighted by atomic mass is 10.1. The maximum absolute atomic E-state index is 13.0. The molecule has 1 heterocycles. The summed E-state index contributed by atoms with van der Waals surface area (Å²) in [7, 11) is -2.10. The van der Waals surface area contributed by atoms with Gasteiger partial charge in [0.05, 0.1) is 17.7 Å². The summed E-state index contributed by atoms with van der Waals surface area (Å²) in [5.41, 5.74) is 2.19. The van der Waals surface area contributed by atoms with Gasteiger partial charge in [0.15, 0.2) is 0 Å². The second-order valence-corrected chi connectivity index (χ2v) is 8.67. The van der Waals surface area contributed by atoms with Crippen molar-refractivity contribution in [2.24, 2.45) is 0 Å². The van der Waals surface area contributed by atoms with Crippen molar-refractivity contribution >= 4 is 32.5 Å². The first-order chi connectivity index (χ1) is 14.3. The molecule has 1 N–H and O–H groups in total. The molecule has 0 saturated heterocycles. The fraction of sp³-hybridized carbons (Fsp3) is 0.273. The summed E-state index contributed by atoms with van der Waals surface area (Å²) in [6.07, 6.45) is 1.65. The lowest BCUT2D eigenvalue weighted by molar-refractivity contribution is 0.102. The van der Waals surface area contributed by atoms with Crippen LogP contribution < -0.4 is 10.1 Å². The number of anilines is 1. The fourth-order valence-corrected chi connectivity index (χ4v) is 4.81. The third-order valence-corrected chi connectivity index (χ3v) is 7.04. The number of aryl methyl sites for hydroxylation is 1. The van der Waals surface area contributed by atoms with Gasteiger partial charge in [0, 0.05) is 30.2 Å². The SMILES string of the molecule is CCN(CC)S(=O)(=O)c1ccc(C)c(C(=O)Nc2ccc(OC)c3ncccc23)c1. The van der Waals surface area contributed by atoms with Crippen molar-refractivity contribution in [2.45, 2.75) is 25.7 Å². The second-order valence-electron chi connectivity index (χ2n) is 6.74. The molecule has 0 aliphatic rings. The van der Waals surface area contributed by atoms with E-state index in [0.717, 1.165) is 5.39 Å². The molecule has 0 aliphatic carbocycles. The van der Waals surface area contributed by atoms with Gasteiger partial charge in [-0.25, -0.2) is 8.42 Å². The van der Waals surface area contributed by atoms with E-state index in [9.17, 15) is 13.2 Å². The first-order valence-corrected chi connectivity index (χ1v) is 11.1. The topological polar surface area (TPSA) is 88.6 Å². The number of sulfonamides is 1. The van der Waals surface area contributed by atoms with Crippen LogP contribution in [-0.4, -0.2) is 43.8 Å². The molecule has 0 fully saturated rings. The van der Waals surface area contributed by atoms with E-state index in [1.54, 1.807) is 58.3 Å². The molecule has 30 heavy (non-hydrogen) atoms. The zero-order valence-corrected chi connectivity index (χ0v) is 18.3. The van der Waals surface area contributed by atoms with Gasteiger partial charge in [-0.2, -0.15) is 4.31 Å². The quantitative estimate of drug-likeness (QED) is 0.619. The highest BCUT2D eigenvalue weighted by Gasteiger charge is 2.23. The number of pyridine rings is 1. The summed E-state index contributed by atoms with van der Waals surface area (Å²) in [5, 5.41) is 3.62. The van der Waals surface area contributed by atoms with Crippen LogP contribution in [0.2, 0.25) is 0 Å². The normalized spacial score (nSPS) is 11.6. The predicted octanol–water partition coefficient (Wildman–Crippen LogP) is 3.83. The molecule has 0 spiro atoms. The lowest BCUT2D eigenvalue weighted by Gasteiger charge is -2.19. The molecule has 3 aromatic rings. The van der Waals surface area contributed by atoms with Gasteiger partial charge in [0.2, 0.25) is 10.0 Å². The fourth-order valence-electron chi connectivity index (χ4n) is 3.33. The van der Waals surface area contributed by atoms with Gasteiger partial charge in [0.1, 0.15) is 11.3 Å². The van der Waals surface area contributed by atoms with Gasteiger partial charge in [-0.15, -0.1) is 0 Å². The minimum atomic E-state index is -3.66. The zero-order chi connectivity index (χ0) is 21.9. The van der Waals surface area contributed by atoms with Gasteiger partial charge in [0.25, 0.3) is 5.91 Å². The van der Waals surface area contributed by atoms with E-state index in [4.69, 9.17) is 4.74 Å². The van der Waals surface area contributed by atoms with Gasteiger partial charge in [-0.1, -0.05) is 19.9 Å². The molecule has 0 radical (unpaired) electrons. The molecule has 2 aromatic carbocycles. The van der Waals surface area contributed by atoms with E-state index < -0.39 is 10.0 Å². The lowest BCUT2D eigenvalue weighted by Crippen LogP contribution is -2.30. The van der Waals surface area contributed by atoms with E-state index in [1.807, 2.05) is 6.07 Å². The Hall–Kier alpha value is -2.97. The molecule has 3 rings (SSSR count). The van der Waals surface area contributed by atoms with E-state index >= 15 is 0 Å². The zero-order valence-electron chi connectivity index (χ0n) is 17.5. The first kappa shape index (κ1) is 21.7. The highest BCUT2D eigenvalue weighted by atomic mass is 32.2. The number of amides is 1. The summed E-state index contributed by atoms with van der Waals surface area (Å²) < 4.78 is 32.4. The molecule has 0 bridgehead atoms. The van der Waals surface area contributed by atoms with E-state index in [-0.39, 0.29) is 10.8 Å².